The number of carbonyl (C=O) groups excluding carboxylic acids is 2. The summed E-state index contributed by atoms with van der Waals surface area (Å²) in [5, 5.41) is 5.78. The predicted molar refractivity (Wildman–Crippen MR) is 165 cm³/mol. The van der Waals surface area contributed by atoms with E-state index >= 15 is 0 Å². The zero-order chi connectivity index (χ0) is 29.8. The van der Waals surface area contributed by atoms with Gasteiger partial charge in [-0.2, -0.15) is 0 Å². The first kappa shape index (κ1) is 31.0. The molecular weight excluding hydrogens is 543 g/mol. The molecule has 0 saturated carbocycles. The van der Waals surface area contributed by atoms with E-state index in [1.165, 1.54) is 6.34 Å². The molecule has 2 amide bonds. The van der Waals surface area contributed by atoms with E-state index in [4.69, 9.17) is 10.5 Å². The first-order valence-electron chi connectivity index (χ1n) is 12.8. The molecule has 0 aromatic heterocycles. The van der Waals surface area contributed by atoms with Gasteiger partial charge in [-0.3, -0.25) is 10.1 Å². The van der Waals surface area contributed by atoms with E-state index in [0.29, 0.717) is 22.5 Å². The molecule has 0 spiro atoms. The molecule has 3 rings (SSSR count). The summed E-state index contributed by atoms with van der Waals surface area (Å²) in [6.07, 6.45) is 1.33. The SMILES string of the molecule is Cc1cccc(C)c1N=C(NC(=O)Nc1ccc(C(N)=NC=Nc2ccc(CF)cc2)cc1)SCOC(=O)C(C)C. The van der Waals surface area contributed by atoms with Crippen molar-refractivity contribution in [1.29, 1.82) is 0 Å². The molecule has 0 heterocycles. The molecule has 4 N–H and O–H groups in total. The van der Waals surface area contributed by atoms with Crippen LogP contribution in [-0.4, -0.2) is 35.3 Å². The van der Waals surface area contributed by atoms with Crippen molar-refractivity contribution in [2.24, 2.45) is 26.6 Å². The Morgan fingerprint density at radius 2 is 1.68 bits per heavy atom. The molecule has 3 aromatic carbocycles. The van der Waals surface area contributed by atoms with Gasteiger partial charge in [-0.1, -0.05) is 44.2 Å². The fourth-order valence-electron chi connectivity index (χ4n) is 3.38. The van der Waals surface area contributed by atoms with Gasteiger partial charge in [0.05, 0.1) is 17.3 Å². The average Bonchev–Trinajstić information content (AvgIpc) is 2.95. The second-order valence-electron chi connectivity index (χ2n) is 9.25. The van der Waals surface area contributed by atoms with Crippen LogP contribution < -0.4 is 16.4 Å². The minimum atomic E-state index is -0.530. The Bertz CT molecular complexity index is 1420. The number of hydrogen-bond acceptors (Lipinski definition) is 6. The standard InChI is InChI=1S/C30H33FN6O3S/c1-19(2)28(38)40-18-41-30(36-26-20(3)6-5-7-21(26)4)37-29(39)35-25-14-10-23(11-15-25)27(32)34-17-33-24-12-8-22(16-31)9-13-24/h5-15,17,19H,16,18H2,1-4H3,(H2,32,33,34)(H2,35,36,37,39). The van der Waals surface area contributed by atoms with Crippen LogP contribution in [0.4, 0.5) is 26.2 Å². The highest BCUT2D eigenvalue weighted by Gasteiger charge is 2.13. The maximum Gasteiger partial charge on any atom is 0.325 e. The molecule has 0 aliphatic rings. The number of hydrogen-bond donors (Lipinski definition) is 3. The van der Waals surface area contributed by atoms with Crippen molar-refractivity contribution in [2.75, 3.05) is 11.3 Å². The largest absolute Gasteiger partial charge is 0.454 e. The molecule has 0 unspecified atom stereocenters. The smallest absolute Gasteiger partial charge is 0.325 e. The Balaban J connectivity index is 1.65. The number of aliphatic imine (C=N–C) groups is 3. The summed E-state index contributed by atoms with van der Waals surface area (Å²) in [6.45, 7) is 6.83. The van der Waals surface area contributed by atoms with E-state index in [1.807, 2.05) is 32.0 Å². The van der Waals surface area contributed by atoms with E-state index in [0.717, 1.165) is 28.6 Å². The van der Waals surface area contributed by atoms with Crippen LogP contribution in [0.15, 0.2) is 81.7 Å². The number of amidine groups is 2. The monoisotopic (exact) mass is 576 g/mol. The van der Waals surface area contributed by atoms with Gasteiger partial charge >= 0.3 is 12.0 Å². The van der Waals surface area contributed by atoms with Gasteiger partial charge in [-0.15, -0.1) is 0 Å². The third-order valence-corrected chi connectivity index (χ3v) is 6.38. The zero-order valence-corrected chi connectivity index (χ0v) is 24.2. The van der Waals surface area contributed by atoms with Crippen LogP contribution >= 0.6 is 11.8 Å². The number of thioether (sulfide) groups is 1. The van der Waals surface area contributed by atoms with Crippen molar-refractivity contribution in [2.45, 2.75) is 34.4 Å². The fraction of sp³-hybridized carbons (Fsp3) is 0.233. The average molecular weight is 577 g/mol. The number of aryl methyl sites for hydroxylation is 2. The fourth-order valence-corrected chi connectivity index (χ4v) is 3.98. The number of esters is 1. The summed E-state index contributed by atoms with van der Waals surface area (Å²) in [4.78, 5) is 37.6. The molecule has 0 aliphatic heterocycles. The highest BCUT2D eigenvalue weighted by atomic mass is 32.2. The van der Waals surface area contributed by atoms with Crippen LogP contribution in [0.2, 0.25) is 0 Å². The Hall–Kier alpha value is -4.51. The van der Waals surface area contributed by atoms with Crippen LogP contribution in [0.1, 0.15) is 36.1 Å². The molecule has 0 radical (unpaired) electrons. The molecule has 11 heteroatoms. The van der Waals surface area contributed by atoms with E-state index in [-0.39, 0.29) is 28.8 Å². The Kier molecular flexibility index (Phi) is 11.6. The van der Waals surface area contributed by atoms with Crippen molar-refractivity contribution < 1.29 is 18.7 Å². The third kappa shape index (κ3) is 9.87. The number of halogens is 1. The van der Waals surface area contributed by atoms with Gasteiger partial charge in [-0.25, -0.2) is 24.2 Å². The lowest BCUT2D eigenvalue weighted by Gasteiger charge is -2.13. The Labute approximate surface area is 243 Å². The van der Waals surface area contributed by atoms with Gasteiger partial charge in [0.25, 0.3) is 0 Å². The highest BCUT2D eigenvalue weighted by Crippen LogP contribution is 2.24. The van der Waals surface area contributed by atoms with Gasteiger partial charge in [0.15, 0.2) is 5.17 Å². The van der Waals surface area contributed by atoms with Crippen LogP contribution in [0, 0.1) is 19.8 Å². The number of rotatable bonds is 9. The van der Waals surface area contributed by atoms with E-state index in [1.54, 1.807) is 62.4 Å². The number of urea groups is 1. The number of anilines is 1. The van der Waals surface area contributed by atoms with Crippen molar-refractivity contribution in [3.05, 3.63) is 89.0 Å². The van der Waals surface area contributed by atoms with Gasteiger partial charge in [0.2, 0.25) is 0 Å². The number of ether oxygens (including phenoxy) is 1. The number of para-hydroxylation sites is 1. The lowest BCUT2D eigenvalue weighted by molar-refractivity contribution is -0.144. The minimum absolute atomic E-state index is 0.000592. The van der Waals surface area contributed by atoms with Crippen LogP contribution in [-0.2, 0) is 16.2 Å². The zero-order valence-electron chi connectivity index (χ0n) is 23.3. The second-order valence-corrected chi connectivity index (χ2v) is 10.2. The maximum absolute atomic E-state index is 12.8. The summed E-state index contributed by atoms with van der Waals surface area (Å²) in [5.41, 5.74) is 11.0. The van der Waals surface area contributed by atoms with Gasteiger partial charge in [0.1, 0.15) is 24.8 Å². The molecule has 0 atom stereocenters. The quantitative estimate of drug-likeness (QED) is 0.115. The first-order chi connectivity index (χ1) is 19.7. The van der Waals surface area contributed by atoms with Gasteiger partial charge in [-0.05, 0) is 78.7 Å². The van der Waals surface area contributed by atoms with Crippen LogP contribution in [0.5, 0.6) is 0 Å². The first-order valence-corrected chi connectivity index (χ1v) is 13.8. The predicted octanol–water partition coefficient (Wildman–Crippen LogP) is 6.54. The highest BCUT2D eigenvalue weighted by molar-refractivity contribution is 8.13. The second kappa shape index (κ2) is 15.3. The molecule has 3 aromatic rings. The Morgan fingerprint density at radius 1 is 1.02 bits per heavy atom. The molecular formula is C30H33FN6O3S. The summed E-state index contributed by atoms with van der Waals surface area (Å²) in [7, 11) is 0. The molecule has 0 fully saturated rings. The number of carbonyl (C=O) groups is 2. The summed E-state index contributed by atoms with van der Waals surface area (Å²) >= 11 is 1.11. The van der Waals surface area contributed by atoms with Gasteiger partial charge in [0, 0.05) is 11.3 Å². The van der Waals surface area contributed by atoms with E-state index in [9.17, 15) is 14.0 Å². The minimum Gasteiger partial charge on any atom is -0.454 e. The van der Waals surface area contributed by atoms with Crippen LogP contribution in [0.25, 0.3) is 0 Å². The number of amides is 2. The molecule has 0 bridgehead atoms. The maximum atomic E-state index is 12.8. The molecule has 0 aliphatic carbocycles. The van der Waals surface area contributed by atoms with Crippen molar-refractivity contribution >= 4 is 58.2 Å². The molecule has 9 nitrogen and oxygen atoms in total. The molecule has 214 valence electrons. The summed E-state index contributed by atoms with van der Waals surface area (Å²) in [5.74, 6) is -0.364. The van der Waals surface area contributed by atoms with E-state index < -0.39 is 12.7 Å². The van der Waals surface area contributed by atoms with Gasteiger partial charge < -0.3 is 15.8 Å². The number of nitrogens with one attached hydrogen (secondary N) is 2. The Morgan fingerprint density at radius 3 is 2.29 bits per heavy atom. The third-order valence-electron chi connectivity index (χ3n) is 5.67. The summed E-state index contributed by atoms with van der Waals surface area (Å²) < 4.78 is 17.9. The van der Waals surface area contributed by atoms with E-state index in [2.05, 4.69) is 25.6 Å². The van der Waals surface area contributed by atoms with Crippen molar-refractivity contribution in [3.63, 3.8) is 0 Å². The summed E-state index contributed by atoms with van der Waals surface area (Å²) in [6, 6.07) is 18.8. The molecule has 41 heavy (non-hydrogen) atoms. The normalized spacial score (nSPS) is 12.0. The number of alkyl halides is 1. The van der Waals surface area contributed by atoms with Crippen molar-refractivity contribution in [3.8, 4) is 0 Å². The topological polar surface area (TPSA) is 131 Å². The number of benzene rings is 3. The molecule has 0 saturated heterocycles. The van der Waals surface area contributed by atoms with Crippen LogP contribution in [0.3, 0.4) is 0 Å². The lowest BCUT2D eigenvalue weighted by atomic mass is 10.1. The number of nitrogens with two attached hydrogens (primary N) is 1. The number of nitrogens with zero attached hydrogens (tertiary/aromatic N) is 3. The van der Waals surface area contributed by atoms with Crippen molar-refractivity contribution in [1.82, 2.24) is 5.32 Å². The lowest BCUT2D eigenvalue weighted by Crippen LogP contribution is -2.33.